The summed E-state index contributed by atoms with van der Waals surface area (Å²) in [5.74, 6) is -0.323. The molecule has 0 unspecified atom stereocenters. The zero-order valence-electron chi connectivity index (χ0n) is 14.7. The Bertz CT molecular complexity index is 987. The molecule has 0 saturated heterocycles. The van der Waals surface area contributed by atoms with Gasteiger partial charge in [-0.25, -0.2) is 18.2 Å². The number of nitrogens with one attached hydrogen (secondary N) is 1. The Hall–Kier alpha value is -2.19. The van der Waals surface area contributed by atoms with E-state index in [4.69, 9.17) is 0 Å². The summed E-state index contributed by atoms with van der Waals surface area (Å²) in [4.78, 5) is 13.2. The minimum atomic E-state index is -3.44. The highest BCUT2D eigenvalue weighted by Crippen LogP contribution is 2.26. The van der Waals surface area contributed by atoms with Crippen LogP contribution in [0.2, 0.25) is 0 Å². The molecule has 0 aromatic heterocycles. The zero-order chi connectivity index (χ0) is 19.4. The number of amides is 1. The van der Waals surface area contributed by atoms with Crippen LogP contribution in [0.25, 0.3) is 0 Å². The summed E-state index contributed by atoms with van der Waals surface area (Å²) >= 11 is 1.57. The first-order valence-corrected chi connectivity index (χ1v) is 11.1. The topological polar surface area (TPSA) is 75.6 Å². The van der Waals surface area contributed by atoms with Gasteiger partial charge in [0.25, 0.3) is 0 Å². The van der Waals surface area contributed by atoms with Gasteiger partial charge in [0.05, 0.1) is 16.4 Å². The third kappa shape index (κ3) is 4.95. The smallest absolute Gasteiger partial charge is 0.240 e. The molecule has 2 aromatic carbocycles. The number of carbonyl (C=O) groups is 1. The Morgan fingerprint density at radius 2 is 1.96 bits per heavy atom. The Morgan fingerprint density at radius 3 is 2.70 bits per heavy atom. The standard InChI is InChI=1S/C19H19FN2O3S2/c1-13-2-5-15(6-3-13)26-10-8-19(23)22-21-17-9-11-27(24,25)18-7-4-14(20)12-16(17)18/h2-7,12H,8-11H2,1H3,(H,22,23). The fourth-order valence-electron chi connectivity index (χ4n) is 2.67. The van der Waals surface area contributed by atoms with E-state index in [-0.39, 0.29) is 35.0 Å². The van der Waals surface area contributed by atoms with Gasteiger partial charge in [-0.1, -0.05) is 17.7 Å². The number of nitrogens with zero attached hydrogens (tertiary/aromatic N) is 1. The molecule has 1 amide bonds. The molecule has 3 rings (SSSR count). The molecule has 0 saturated carbocycles. The molecule has 8 heteroatoms. The van der Waals surface area contributed by atoms with E-state index in [0.29, 0.717) is 11.5 Å². The first-order chi connectivity index (χ1) is 12.8. The van der Waals surface area contributed by atoms with Gasteiger partial charge in [-0.2, -0.15) is 5.10 Å². The Labute approximate surface area is 162 Å². The number of hydrogen-bond donors (Lipinski definition) is 1. The molecule has 1 aliphatic heterocycles. The zero-order valence-corrected chi connectivity index (χ0v) is 16.4. The van der Waals surface area contributed by atoms with E-state index in [9.17, 15) is 17.6 Å². The highest BCUT2D eigenvalue weighted by Gasteiger charge is 2.28. The molecule has 0 radical (unpaired) electrons. The second-order valence-electron chi connectivity index (χ2n) is 6.21. The lowest BCUT2D eigenvalue weighted by Crippen LogP contribution is -2.26. The second-order valence-corrected chi connectivity index (χ2v) is 9.46. The van der Waals surface area contributed by atoms with Gasteiger partial charge in [-0.05, 0) is 37.3 Å². The van der Waals surface area contributed by atoms with Gasteiger partial charge in [0.1, 0.15) is 5.82 Å². The minimum absolute atomic E-state index is 0.0538. The number of hydrogen-bond acceptors (Lipinski definition) is 5. The summed E-state index contributed by atoms with van der Waals surface area (Å²) in [6, 6.07) is 11.5. The van der Waals surface area contributed by atoms with E-state index < -0.39 is 15.7 Å². The number of sulfone groups is 1. The number of carbonyl (C=O) groups excluding carboxylic acids is 1. The van der Waals surface area contributed by atoms with Crippen molar-refractivity contribution in [3.63, 3.8) is 0 Å². The molecule has 142 valence electrons. The molecule has 27 heavy (non-hydrogen) atoms. The average molecular weight is 407 g/mol. The van der Waals surface area contributed by atoms with E-state index in [2.05, 4.69) is 10.5 Å². The van der Waals surface area contributed by atoms with Gasteiger partial charge in [0.15, 0.2) is 9.84 Å². The van der Waals surface area contributed by atoms with E-state index in [1.165, 1.54) is 11.6 Å². The number of thioether (sulfide) groups is 1. The van der Waals surface area contributed by atoms with Crippen molar-refractivity contribution < 1.29 is 17.6 Å². The van der Waals surface area contributed by atoms with Crippen LogP contribution in [0.5, 0.6) is 0 Å². The van der Waals surface area contributed by atoms with Crippen molar-refractivity contribution in [2.45, 2.75) is 29.6 Å². The van der Waals surface area contributed by atoms with Gasteiger partial charge in [-0.15, -0.1) is 11.8 Å². The fourth-order valence-corrected chi connectivity index (χ4v) is 4.99. The maximum Gasteiger partial charge on any atom is 0.240 e. The molecular weight excluding hydrogens is 387 g/mol. The maximum absolute atomic E-state index is 13.5. The van der Waals surface area contributed by atoms with Crippen molar-refractivity contribution in [3.05, 3.63) is 59.4 Å². The first kappa shape index (κ1) is 19.6. The number of halogens is 1. The molecule has 0 atom stereocenters. The minimum Gasteiger partial charge on any atom is -0.273 e. The van der Waals surface area contributed by atoms with Gasteiger partial charge in [0.2, 0.25) is 5.91 Å². The Kier molecular flexibility index (Phi) is 5.96. The molecule has 0 spiro atoms. The molecule has 0 bridgehead atoms. The monoisotopic (exact) mass is 406 g/mol. The van der Waals surface area contributed by atoms with Crippen molar-refractivity contribution in [2.24, 2.45) is 5.10 Å². The van der Waals surface area contributed by atoms with E-state index in [1.807, 2.05) is 31.2 Å². The van der Waals surface area contributed by atoms with Crippen LogP contribution in [-0.4, -0.2) is 31.5 Å². The third-order valence-electron chi connectivity index (χ3n) is 4.13. The largest absolute Gasteiger partial charge is 0.273 e. The molecule has 1 heterocycles. The summed E-state index contributed by atoms with van der Waals surface area (Å²) in [7, 11) is -3.44. The fraction of sp³-hybridized carbons (Fsp3) is 0.263. The quantitative estimate of drug-likeness (QED) is 0.470. The summed E-state index contributed by atoms with van der Waals surface area (Å²) in [6.07, 6.45) is 0.404. The highest BCUT2D eigenvalue weighted by molar-refractivity contribution is 7.99. The summed E-state index contributed by atoms with van der Waals surface area (Å²) in [6.45, 7) is 2.02. The van der Waals surface area contributed by atoms with Gasteiger partial charge < -0.3 is 0 Å². The average Bonchev–Trinajstić information content (AvgIpc) is 2.62. The van der Waals surface area contributed by atoms with Crippen LogP contribution in [0, 0.1) is 12.7 Å². The maximum atomic E-state index is 13.5. The van der Waals surface area contributed by atoms with Crippen LogP contribution in [0.3, 0.4) is 0 Å². The van der Waals surface area contributed by atoms with Crippen molar-refractivity contribution in [1.82, 2.24) is 5.43 Å². The predicted octanol–water partition coefficient (Wildman–Crippen LogP) is 3.31. The highest BCUT2D eigenvalue weighted by atomic mass is 32.2. The molecule has 0 fully saturated rings. The predicted molar refractivity (Wildman–Crippen MR) is 104 cm³/mol. The summed E-state index contributed by atoms with van der Waals surface area (Å²) in [5, 5.41) is 4.05. The van der Waals surface area contributed by atoms with E-state index in [0.717, 1.165) is 17.0 Å². The molecule has 1 aliphatic rings. The summed E-state index contributed by atoms with van der Waals surface area (Å²) in [5.41, 5.74) is 4.23. The lowest BCUT2D eigenvalue weighted by atomic mass is 10.1. The Balaban J connectivity index is 1.61. The van der Waals surface area contributed by atoms with Crippen molar-refractivity contribution in [2.75, 3.05) is 11.5 Å². The molecule has 0 aliphatic carbocycles. The molecule has 5 nitrogen and oxygen atoms in total. The SMILES string of the molecule is Cc1ccc(SCCC(=O)NN=C2CCS(=O)(=O)c3ccc(F)cc32)cc1. The molecular formula is C19H19FN2O3S2. The number of aryl methyl sites for hydroxylation is 1. The van der Waals surface area contributed by atoms with Crippen molar-refractivity contribution >= 4 is 33.2 Å². The number of rotatable bonds is 5. The first-order valence-electron chi connectivity index (χ1n) is 8.43. The van der Waals surface area contributed by atoms with Gasteiger partial charge in [0, 0.05) is 29.1 Å². The lowest BCUT2D eigenvalue weighted by Gasteiger charge is -2.18. The molecule has 2 aromatic rings. The van der Waals surface area contributed by atoms with Crippen LogP contribution in [0.15, 0.2) is 57.4 Å². The molecule has 1 N–H and O–H groups in total. The van der Waals surface area contributed by atoms with Gasteiger partial charge >= 0.3 is 0 Å². The Morgan fingerprint density at radius 1 is 1.22 bits per heavy atom. The van der Waals surface area contributed by atoms with E-state index in [1.54, 1.807) is 11.8 Å². The normalized spacial score (nSPS) is 16.7. The van der Waals surface area contributed by atoms with Gasteiger partial charge in [-0.3, -0.25) is 4.79 Å². The lowest BCUT2D eigenvalue weighted by molar-refractivity contribution is -0.120. The number of fused-ring (bicyclic) bond motifs is 1. The van der Waals surface area contributed by atoms with Crippen LogP contribution >= 0.6 is 11.8 Å². The second kappa shape index (κ2) is 8.22. The van der Waals surface area contributed by atoms with Crippen LogP contribution in [-0.2, 0) is 14.6 Å². The number of hydrazone groups is 1. The van der Waals surface area contributed by atoms with Crippen LogP contribution in [0.1, 0.15) is 24.0 Å². The third-order valence-corrected chi connectivity index (χ3v) is 6.91. The van der Waals surface area contributed by atoms with Crippen molar-refractivity contribution in [3.8, 4) is 0 Å². The number of benzene rings is 2. The van der Waals surface area contributed by atoms with Crippen LogP contribution in [0.4, 0.5) is 4.39 Å². The van der Waals surface area contributed by atoms with Crippen LogP contribution < -0.4 is 5.43 Å². The summed E-state index contributed by atoms with van der Waals surface area (Å²) < 4.78 is 37.7. The van der Waals surface area contributed by atoms with E-state index >= 15 is 0 Å². The van der Waals surface area contributed by atoms with Crippen molar-refractivity contribution in [1.29, 1.82) is 0 Å².